The van der Waals surface area contributed by atoms with Gasteiger partial charge in [-0.05, 0) is 6.07 Å². The molecule has 0 bridgehead atoms. The van der Waals surface area contributed by atoms with Gasteiger partial charge in [0.05, 0.1) is 11.8 Å². The monoisotopic (exact) mass is 237 g/mol. The van der Waals surface area contributed by atoms with Crippen molar-refractivity contribution in [1.29, 1.82) is 5.26 Å². The van der Waals surface area contributed by atoms with Crippen LogP contribution in [0.1, 0.15) is 18.0 Å². The Bertz CT molecular complexity index is 510. The van der Waals surface area contributed by atoms with Gasteiger partial charge in [-0.2, -0.15) is 5.26 Å². The van der Waals surface area contributed by atoms with E-state index in [-0.39, 0.29) is 24.2 Å². The van der Waals surface area contributed by atoms with Gasteiger partial charge in [-0.1, -0.05) is 0 Å². The first-order valence-corrected chi connectivity index (χ1v) is 5.03. The normalized spacial score (nSPS) is 17.5. The molecule has 6 heteroatoms. The SMILES string of the molecule is N#CCCNC1C(=O)Nc2cc(F)cc(F)c21. The summed E-state index contributed by atoms with van der Waals surface area (Å²) < 4.78 is 26.5. The van der Waals surface area contributed by atoms with Gasteiger partial charge in [0.15, 0.2) is 0 Å². The molecule has 1 aromatic carbocycles. The minimum atomic E-state index is -0.862. The van der Waals surface area contributed by atoms with Gasteiger partial charge in [0.2, 0.25) is 5.91 Å². The zero-order valence-corrected chi connectivity index (χ0v) is 8.76. The number of carbonyl (C=O) groups excluding carboxylic acids is 1. The highest BCUT2D eigenvalue weighted by atomic mass is 19.1. The summed E-state index contributed by atoms with van der Waals surface area (Å²) in [7, 11) is 0. The number of anilines is 1. The van der Waals surface area contributed by atoms with Crippen LogP contribution in [-0.2, 0) is 4.79 Å². The maximum Gasteiger partial charge on any atom is 0.246 e. The fraction of sp³-hybridized carbons (Fsp3) is 0.273. The quantitative estimate of drug-likeness (QED) is 0.782. The number of benzene rings is 1. The summed E-state index contributed by atoms with van der Waals surface area (Å²) >= 11 is 0. The van der Waals surface area contributed by atoms with Crippen LogP contribution in [0.15, 0.2) is 12.1 Å². The third-order valence-electron chi connectivity index (χ3n) is 2.49. The maximum absolute atomic E-state index is 13.5. The molecule has 1 amide bonds. The highest BCUT2D eigenvalue weighted by Gasteiger charge is 2.33. The molecule has 4 nitrogen and oxygen atoms in total. The number of nitrogens with zero attached hydrogens (tertiary/aromatic N) is 1. The fourth-order valence-corrected chi connectivity index (χ4v) is 1.78. The third-order valence-corrected chi connectivity index (χ3v) is 2.49. The van der Waals surface area contributed by atoms with Gasteiger partial charge in [-0.15, -0.1) is 0 Å². The average Bonchev–Trinajstić information content (AvgIpc) is 2.55. The summed E-state index contributed by atoms with van der Waals surface area (Å²) in [5.74, 6) is -1.95. The molecule has 1 aromatic rings. The molecule has 0 aliphatic carbocycles. The van der Waals surface area contributed by atoms with Crippen molar-refractivity contribution in [3.63, 3.8) is 0 Å². The number of hydrogen-bond donors (Lipinski definition) is 2. The largest absolute Gasteiger partial charge is 0.324 e. The van der Waals surface area contributed by atoms with Gasteiger partial charge in [-0.25, -0.2) is 8.78 Å². The van der Waals surface area contributed by atoms with Gasteiger partial charge in [0.25, 0.3) is 0 Å². The minimum Gasteiger partial charge on any atom is -0.324 e. The van der Waals surface area contributed by atoms with Crippen LogP contribution in [0.25, 0.3) is 0 Å². The number of rotatable bonds is 3. The van der Waals surface area contributed by atoms with Gasteiger partial charge >= 0.3 is 0 Å². The maximum atomic E-state index is 13.5. The van der Waals surface area contributed by atoms with E-state index in [0.717, 1.165) is 12.1 Å². The van der Waals surface area contributed by atoms with Crippen molar-refractivity contribution in [3.8, 4) is 6.07 Å². The Morgan fingerprint density at radius 2 is 2.24 bits per heavy atom. The Kier molecular flexibility index (Phi) is 3.02. The number of carbonyl (C=O) groups is 1. The van der Waals surface area contributed by atoms with Crippen molar-refractivity contribution in [1.82, 2.24) is 5.32 Å². The predicted molar refractivity (Wildman–Crippen MR) is 56.0 cm³/mol. The van der Waals surface area contributed by atoms with Crippen LogP contribution in [0.5, 0.6) is 0 Å². The van der Waals surface area contributed by atoms with E-state index >= 15 is 0 Å². The van der Waals surface area contributed by atoms with Gasteiger partial charge in [-0.3, -0.25) is 4.79 Å². The molecule has 0 aromatic heterocycles. The van der Waals surface area contributed by atoms with Crippen LogP contribution >= 0.6 is 0 Å². The average molecular weight is 237 g/mol. The van der Waals surface area contributed by atoms with E-state index in [1.165, 1.54) is 0 Å². The summed E-state index contributed by atoms with van der Waals surface area (Å²) in [6, 6.07) is 2.85. The lowest BCUT2D eigenvalue weighted by atomic mass is 10.1. The Balaban J connectivity index is 2.27. The zero-order chi connectivity index (χ0) is 12.4. The van der Waals surface area contributed by atoms with Crippen molar-refractivity contribution in [2.45, 2.75) is 12.5 Å². The van der Waals surface area contributed by atoms with Crippen molar-refractivity contribution < 1.29 is 13.6 Å². The number of hydrogen-bond acceptors (Lipinski definition) is 3. The van der Waals surface area contributed by atoms with Crippen LogP contribution in [-0.4, -0.2) is 12.5 Å². The standard InChI is InChI=1S/C11H9F2N3O/c12-6-4-7(13)9-8(5-6)16-11(17)10(9)15-3-1-2-14/h4-5,10,15H,1,3H2,(H,16,17). The zero-order valence-electron chi connectivity index (χ0n) is 8.76. The van der Waals surface area contributed by atoms with Crippen LogP contribution in [0, 0.1) is 23.0 Å². The van der Waals surface area contributed by atoms with Gasteiger partial charge in [0.1, 0.15) is 17.7 Å². The minimum absolute atomic E-state index is 0.106. The van der Waals surface area contributed by atoms with Crippen LogP contribution in [0.4, 0.5) is 14.5 Å². The van der Waals surface area contributed by atoms with Gasteiger partial charge < -0.3 is 10.6 Å². The van der Waals surface area contributed by atoms with E-state index in [0.29, 0.717) is 0 Å². The number of halogens is 2. The Hall–Kier alpha value is -2.00. The second-order valence-electron chi connectivity index (χ2n) is 3.63. The number of nitrogens with one attached hydrogen (secondary N) is 2. The van der Waals surface area contributed by atoms with Crippen molar-refractivity contribution >= 4 is 11.6 Å². The fourth-order valence-electron chi connectivity index (χ4n) is 1.78. The molecule has 1 unspecified atom stereocenters. The van der Waals surface area contributed by atoms with E-state index in [1.807, 2.05) is 6.07 Å². The first kappa shape index (κ1) is 11.5. The second-order valence-corrected chi connectivity index (χ2v) is 3.63. The van der Waals surface area contributed by atoms with Gasteiger partial charge in [0, 0.05) is 24.6 Å². The summed E-state index contributed by atoms with van der Waals surface area (Å²) in [4.78, 5) is 11.5. The second kappa shape index (κ2) is 4.47. The van der Waals surface area contributed by atoms with Crippen molar-refractivity contribution in [2.75, 3.05) is 11.9 Å². The summed E-state index contributed by atoms with van der Waals surface area (Å²) in [5, 5.41) is 13.5. The molecule has 1 aliphatic rings. The highest BCUT2D eigenvalue weighted by molar-refractivity contribution is 6.02. The molecule has 1 atom stereocenters. The molecule has 88 valence electrons. The molecule has 1 heterocycles. The molecule has 1 aliphatic heterocycles. The molecule has 0 spiro atoms. The first-order chi connectivity index (χ1) is 8.13. The van der Waals surface area contributed by atoms with Crippen LogP contribution in [0.2, 0.25) is 0 Å². The Labute approximate surface area is 96.2 Å². The summed E-state index contributed by atoms with van der Waals surface area (Å²) in [5.41, 5.74) is 0.247. The van der Waals surface area contributed by atoms with E-state index < -0.39 is 23.6 Å². The third kappa shape index (κ3) is 2.10. The summed E-state index contributed by atoms with van der Waals surface area (Å²) in [6.45, 7) is 0.269. The Morgan fingerprint density at radius 3 is 2.94 bits per heavy atom. The lowest BCUT2D eigenvalue weighted by molar-refractivity contribution is -0.117. The lowest BCUT2D eigenvalue weighted by Crippen LogP contribution is -2.28. The smallest absolute Gasteiger partial charge is 0.246 e. The molecule has 0 saturated heterocycles. The van der Waals surface area contributed by atoms with E-state index in [9.17, 15) is 13.6 Å². The number of fused-ring (bicyclic) bond motifs is 1. The molecular weight excluding hydrogens is 228 g/mol. The topological polar surface area (TPSA) is 64.9 Å². The molecule has 2 N–H and O–H groups in total. The molecule has 0 saturated carbocycles. The first-order valence-electron chi connectivity index (χ1n) is 5.03. The predicted octanol–water partition coefficient (Wildman–Crippen LogP) is 1.46. The highest BCUT2D eigenvalue weighted by Crippen LogP contribution is 2.33. The molecule has 0 radical (unpaired) electrons. The number of nitriles is 1. The van der Waals surface area contributed by atoms with Crippen molar-refractivity contribution in [3.05, 3.63) is 29.3 Å². The van der Waals surface area contributed by atoms with E-state index in [1.54, 1.807) is 0 Å². The molecule has 17 heavy (non-hydrogen) atoms. The van der Waals surface area contributed by atoms with Crippen LogP contribution < -0.4 is 10.6 Å². The van der Waals surface area contributed by atoms with E-state index in [2.05, 4.69) is 10.6 Å². The summed E-state index contributed by atoms with van der Waals surface area (Å²) in [6.07, 6.45) is 0.210. The van der Waals surface area contributed by atoms with Crippen LogP contribution in [0.3, 0.4) is 0 Å². The van der Waals surface area contributed by atoms with E-state index in [4.69, 9.17) is 5.26 Å². The molecule has 0 fully saturated rings. The lowest BCUT2D eigenvalue weighted by Gasteiger charge is -2.10. The Morgan fingerprint density at radius 1 is 1.47 bits per heavy atom. The van der Waals surface area contributed by atoms with Crippen molar-refractivity contribution in [2.24, 2.45) is 0 Å². The molecular formula is C11H9F2N3O. The molecule has 2 rings (SSSR count). The number of amides is 1.